The van der Waals surface area contributed by atoms with E-state index in [1.807, 2.05) is 0 Å². The number of nitrogens with zero attached hydrogens (tertiary/aromatic N) is 1. The number of hydrogen-bond acceptors (Lipinski definition) is 3. The largest absolute Gasteiger partial charge is 0.331 e. The van der Waals surface area contributed by atoms with Crippen molar-refractivity contribution < 1.29 is 9.63 Å². The number of allylic oxidation sites excluding steroid dienone is 2. The molecule has 0 saturated heterocycles. The Labute approximate surface area is 91.2 Å². The molecule has 1 fully saturated rings. The summed E-state index contributed by atoms with van der Waals surface area (Å²) in [4.78, 5) is 15.4. The lowest BCUT2D eigenvalue weighted by Gasteiger charge is -2.16. The van der Waals surface area contributed by atoms with Gasteiger partial charge in [0.1, 0.15) is 0 Å². The molecule has 0 N–H and O–H groups in total. The van der Waals surface area contributed by atoms with Crippen LogP contribution < -0.4 is 0 Å². The van der Waals surface area contributed by atoms with Gasteiger partial charge in [-0.2, -0.15) is 0 Å². The van der Waals surface area contributed by atoms with Gasteiger partial charge in [0.25, 0.3) is 0 Å². The Balaban J connectivity index is 2.73. The van der Waals surface area contributed by atoms with E-state index >= 15 is 0 Å². The van der Waals surface area contributed by atoms with Crippen LogP contribution in [0.1, 0.15) is 46.5 Å². The van der Waals surface area contributed by atoms with Crippen LogP contribution in [-0.2, 0) is 9.63 Å². The molecule has 0 bridgehead atoms. The van der Waals surface area contributed by atoms with Gasteiger partial charge >= 0.3 is 5.97 Å². The highest BCUT2D eigenvalue weighted by molar-refractivity contribution is 6.00. The fraction of sp³-hybridized carbons (Fsp3) is 0.667. The second kappa shape index (κ2) is 5.69. The molecule has 1 rings (SSSR count). The topological polar surface area (TPSA) is 38.7 Å². The van der Waals surface area contributed by atoms with E-state index in [0.717, 1.165) is 25.0 Å². The summed E-state index contributed by atoms with van der Waals surface area (Å²) in [5.74, 6) is 0.164. The number of carbonyl (C=O) groups excluding carboxylic acids is 1. The fourth-order valence-corrected chi connectivity index (χ4v) is 1.72. The zero-order valence-electron chi connectivity index (χ0n) is 9.75. The van der Waals surface area contributed by atoms with Crippen LogP contribution in [0.2, 0.25) is 0 Å². The molecule has 0 aromatic rings. The van der Waals surface area contributed by atoms with Crippen LogP contribution in [0.4, 0.5) is 0 Å². The highest BCUT2D eigenvalue weighted by Gasteiger charge is 2.14. The third-order valence-corrected chi connectivity index (χ3v) is 2.30. The summed E-state index contributed by atoms with van der Waals surface area (Å²) < 4.78 is 0. The van der Waals surface area contributed by atoms with Crippen LogP contribution in [0.5, 0.6) is 0 Å². The Bertz CT molecular complexity index is 290. The summed E-state index contributed by atoms with van der Waals surface area (Å²) in [6.07, 6.45) is 6.53. The van der Waals surface area contributed by atoms with Crippen LogP contribution >= 0.6 is 0 Å². The van der Waals surface area contributed by atoms with Gasteiger partial charge in [-0.1, -0.05) is 25.1 Å². The molecule has 1 saturated carbocycles. The van der Waals surface area contributed by atoms with E-state index in [2.05, 4.69) is 25.1 Å². The first-order chi connectivity index (χ1) is 7.09. The van der Waals surface area contributed by atoms with Crippen LogP contribution in [0.3, 0.4) is 0 Å². The van der Waals surface area contributed by atoms with Gasteiger partial charge in [-0.3, -0.25) is 0 Å². The van der Waals surface area contributed by atoms with Crippen LogP contribution in [0.25, 0.3) is 0 Å². The molecule has 0 spiro atoms. The molecule has 0 atom stereocenters. The first-order valence-electron chi connectivity index (χ1n) is 5.55. The second-order valence-corrected chi connectivity index (χ2v) is 4.26. The maximum absolute atomic E-state index is 10.7. The molecule has 0 aliphatic heterocycles. The fourth-order valence-electron chi connectivity index (χ4n) is 1.72. The van der Waals surface area contributed by atoms with E-state index in [9.17, 15) is 4.79 Å². The molecule has 1 aliphatic carbocycles. The van der Waals surface area contributed by atoms with Crippen LogP contribution in [0, 0.1) is 5.92 Å². The molecule has 1 aliphatic rings. The van der Waals surface area contributed by atoms with Crippen LogP contribution in [0.15, 0.2) is 16.8 Å². The van der Waals surface area contributed by atoms with Crippen molar-refractivity contribution in [1.29, 1.82) is 0 Å². The van der Waals surface area contributed by atoms with Crippen molar-refractivity contribution in [2.24, 2.45) is 11.1 Å². The third-order valence-electron chi connectivity index (χ3n) is 2.30. The summed E-state index contributed by atoms with van der Waals surface area (Å²) in [7, 11) is 0. The first kappa shape index (κ1) is 12.0. The summed E-state index contributed by atoms with van der Waals surface area (Å²) in [5, 5.41) is 3.92. The van der Waals surface area contributed by atoms with Crippen molar-refractivity contribution in [2.75, 3.05) is 0 Å². The Hall–Kier alpha value is -1.12. The number of oxime groups is 1. The van der Waals surface area contributed by atoms with E-state index in [1.165, 1.54) is 18.9 Å². The Morgan fingerprint density at radius 2 is 2.07 bits per heavy atom. The lowest BCUT2D eigenvalue weighted by atomic mass is 9.91. The van der Waals surface area contributed by atoms with Crippen molar-refractivity contribution in [1.82, 2.24) is 0 Å². The molecule has 3 heteroatoms. The summed E-state index contributed by atoms with van der Waals surface area (Å²) in [6, 6.07) is 0. The average molecular weight is 209 g/mol. The van der Waals surface area contributed by atoms with E-state index < -0.39 is 0 Å². The smallest absolute Gasteiger partial charge is 0.318 e. The maximum atomic E-state index is 10.7. The van der Waals surface area contributed by atoms with Crippen molar-refractivity contribution in [3.8, 4) is 0 Å². The molecule has 0 unspecified atom stereocenters. The minimum atomic E-state index is -0.350. The quantitative estimate of drug-likeness (QED) is 0.518. The monoisotopic (exact) mass is 209 g/mol. The number of hydrogen-bond donors (Lipinski definition) is 0. The summed E-state index contributed by atoms with van der Waals surface area (Å²) in [6.45, 7) is 5.66. The molecule has 0 radical (unpaired) electrons. The average Bonchev–Trinajstić information content (AvgIpc) is 2.15. The molecular formula is C12H19NO2. The zero-order chi connectivity index (χ0) is 11.3. The standard InChI is InChI=1S/C12H19NO2/c1-9(2)8-11-6-4-5-7-12(11)13-15-10(3)14/h8-9H,4-7H2,1-3H3/b11-8-,13-12+. The lowest BCUT2D eigenvalue weighted by Crippen LogP contribution is -2.11. The third kappa shape index (κ3) is 4.28. The SMILES string of the molecule is CC(=O)O/N=C1\CCCC\C1=C\C(C)C. The van der Waals surface area contributed by atoms with Gasteiger partial charge in [-0.15, -0.1) is 0 Å². The normalized spacial score (nSPS) is 22.4. The van der Waals surface area contributed by atoms with Gasteiger partial charge in [0.05, 0.1) is 5.71 Å². The highest BCUT2D eigenvalue weighted by atomic mass is 16.7. The predicted octanol–water partition coefficient (Wildman–Crippen LogP) is 3.06. The van der Waals surface area contributed by atoms with Crippen LogP contribution in [-0.4, -0.2) is 11.7 Å². The molecule has 0 amide bonds. The van der Waals surface area contributed by atoms with Crippen molar-refractivity contribution >= 4 is 11.7 Å². The summed E-state index contributed by atoms with van der Waals surface area (Å²) >= 11 is 0. The Morgan fingerprint density at radius 1 is 1.40 bits per heavy atom. The minimum Gasteiger partial charge on any atom is -0.318 e. The highest BCUT2D eigenvalue weighted by Crippen LogP contribution is 2.22. The maximum Gasteiger partial charge on any atom is 0.331 e. The Morgan fingerprint density at radius 3 is 2.67 bits per heavy atom. The molecule has 0 heterocycles. The molecule has 0 aromatic heterocycles. The zero-order valence-corrected chi connectivity index (χ0v) is 9.75. The molecular weight excluding hydrogens is 190 g/mol. The van der Waals surface area contributed by atoms with Crippen molar-refractivity contribution in [3.63, 3.8) is 0 Å². The van der Waals surface area contributed by atoms with Gasteiger partial charge in [0, 0.05) is 6.92 Å². The molecule has 0 aromatic carbocycles. The van der Waals surface area contributed by atoms with Gasteiger partial charge in [-0.05, 0) is 37.2 Å². The first-order valence-corrected chi connectivity index (χ1v) is 5.55. The number of carbonyl (C=O) groups is 1. The molecule has 15 heavy (non-hydrogen) atoms. The van der Waals surface area contributed by atoms with E-state index in [4.69, 9.17) is 4.84 Å². The molecule has 84 valence electrons. The lowest BCUT2D eigenvalue weighted by molar-refractivity contribution is -0.140. The van der Waals surface area contributed by atoms with Gasteiger partial charge < -0.3 is 4.84 Å². The van der Waals surface area contributed by atoms with Crippen molar-refractivity contribution in [3.05, 3.63) is 11.6 Å². The van der Waals surface area contributed by atoms with Gasteiger partial charge in [-0.25, -0.2) is 4.79 Å². The summed E-state index contributed by atoms with van der Waals surface area (Å²) in [5.41, 5.74) is 2.20. The van der Waals surface area contributed by atoms with Gasteiger partial charge in [0.2, 0.25) is 0 Å². The van der Waals surface area contributed by atoms with E-state index in [0.29, 0.717) is 5.92 Å². The predicted molar refractivity (Wildman–Crippen MR) is 60.6 cm³/mol. The molecule has 3 nitrogen and oxygen atoms in total. The Kier molecular flexibility index (Phi) is 4.53. The van der Waals surface area contributed by atoms with E-state index in [-0.39, 0.29) is 5.97 Å². The minimum absolute atomic E-state index is 0.350. The van der Waals surface area contributed by atoms with Gasteiger partial charge in [0.15, 0.2) is 0 Å². The number of rotatable bonds is 2. The van der Waals surface area contributed by atoms with Crippen molar-refractivity contribution in [2.45, 2.75) is 46.5 Å². The second-order valence-electron chi connectivity index (χ2n) is 4.26. The van der Waals surface area contributed by atoms with E-state index in [1.54, 1.807) is 0 Å².